The first-order valence-corrected chi connectivity index (χ1v) is 15.4. The van der Waals surface area contributed by atoms with Crippen LogP contribution in [0, 0.1) is 5.82 Å². The lowest BCUT2D eigenvalue weighted by Gasteiger charge is -2.35. The molecule has 2 aromatic rings. The van der Waals surface area contributed by atoms with Crippen molar-refractivity contribution in [2.45, 2.75) is 66.1 Å². The smallest absolute Gasteiger partial charge is 0.262 e. The number of anilines is 1. The number of rotatable bonds is 12. The standard InChI is InChI=1S/C27H33Cl2F2N3O2S2/c1-36-27(10-3-2-4-11-27)26(35)33-38-22-13-23(28)25(24(29)14-22)32-20(9-12-34-15-19(31)16-34)17-37-21-7-5-18(30)6-8-21/h5-8,13-14,19-20,32H,2-4,9-12,15-17H2,1H3,(H,33,35). The molecule has 208 valence electrons. The molecule has 0 radical (unpaired) electrons. The van der Waals surface area contributed by atoms with Gasteiger partial charge in [0.15, 0.2) is 0 Å². The van der Waals surface area contributed by atoms with Gasteiger partial charge in [0.05, 0.1) is 15.7 Å². The topological polar surface area (TPSA) is 53.6 Å². The minimum atomic E-state index is -0.783. The number of benzene rings is 2. The van der Waals surface area contributed by atoms with Crippen LogP contribution in [0.2, 0.25) is 10.0 Å². The number of methoxy groups -OCH3 is 1. The van der Waals surface area contributed by atoms with Crippen LogP contribution in [0.15, 0.2) is 46.2 Å². The Bertz CT molecular complexity index is 1060. The number of carbonyl (C=O) groups excluding carboxylic acids is 1. The SMILES string of the molecule is COC1(C(=O)NSc2cc(Cl)c(NC(CCN3CC(F)C3)CSc3ccc(F)cc3)c(Cl)c2)CCCCC1. The van der Waals surface area contributed by atoms with Crippen molar-refractivity contribution in [1.29, 1.82) is 0 Å². The van der Waals surface area contributed by atoms with Crippen LogP contribution in [0.1, 0.15) is 38.5 Å². The van der Waals surface area contributed by atoms with Gasteiger partial charge in [-0.05, 0) is 67.6 Å². The summed E-state index contributed by atoms with van der Waals surface area (Å²) in [5.41, 5.74) is -0.171. The maximum atomic E-state index is 13.3. The molecule has 1 heterocycles. The van der Waals surface area contributed by atoms with Crippen molar-refractivity contribution in [3.8, 4) is 0 Å². The van der Waals surface area contributed by atoms with Gasteiger partial charge in [-0.3, -0.25) is 14.4 Å². The summed E-state index contributed by atoms with van der Waals surface area (Å²) in [6.07, 6.45) is 4.48. The lowest BCUT2D eigenvalue weighted by Crippen LogP contribution is -2.49. The number of carbonyl (C=O) groups is 1. The summed E-state index contributed by atoms with van der Waals surface area (Å²) in [4.78, 5) is 16.7. The van der Waals surface area contributed by atoms with Gasteiger partial charge in [-0.2, -0.15) is 0 Å². The van der Waals surface area contributed by atoms with Crippen molar-refractivity contribution in [2.75, 3.05) is 37.8 Å². The maximum absolute atomic E-state index is 13.3. The fraction of sp³-hybridized carbons (Fsp3) is 0.519. The van der Waals surface area contributed by atoms with E-state index in [9.17, 15) is 13.6 Å². The average Bonchev–Trinajstić information content (AvgIpc) is 2.90. The van der Waals surface area contributed by atoms with Gasteiger partial charge in [-0.15, -0.1) is 11.8 Å². The first-order valence-electron chi connectivity index (χ1n) is 12.8. The zero-order valence-electron chi connectivity index (χ0n) is 21.3. The predicted molar refractivity (Wildman–Crippen MR) is 154 cm³/mol. The second-order valence-corrected chi connectivity index (χ2v) is 12.6. The molecule has 2 fully saturated rings. The quantitative estimate of drug-likeness (QED) is 0.197. The molecule has 1 aliphatic heterocycles. The highest BCUT2D eigenvalue weighted by Gasteiger charge is 2.39. The van der Waals surface area contributed by atoms with Crippen LogP contribution in [-0.4, -0.2) is 61.1 Å². The molecule has 1 saturated carbocycles. The summed E-state index contributed by atoms with van der Waals surface area (Å²) in [7, 11) is 1.59. The van der Waals surface area contributed by atoms with Crippen molar-refractivity contribution in [3.05, 3.63) is 52.3 Å². The fourth-order valence-electron chi connectivity index (χ4n) is 4.75. The van der Waals surface area contributed by atoms with E-state index >= 15 is 0 Å². The van der Waals surface area contributed by atoms with E-state index in [1.54, 1.807) is 43.1 Å². The maximum Gasteiger partial charge on any atom is 0.262 e. The summed E-state index contributed by atoms with van der Waals surface area (Å²) < 4.78 is 35.1. The second-order valence-electron chi connectivity index (χ2n) is 9.81. The number of likely N-dealkylation sites (tertiary alicyclic amines) is 1. The van der Waals surface area contributed by atoms with Crippen molar-refractivity contribution in [3.63, 3.8) is 0 Å². The molecule has 0 spiro atoms. The van der Waals surface area contributed by atoms with Gasteiger partial charge >= 0.3 is 0 Å². The van der Waals surface area contributed by atoms with E-state index < -0.39 is 11.8 Å². The number of halogens is 4. The number of hydrogen-bond acceptors (Lipinski definition) is 6. The van der Waals surface area contributed by atoms with Crippen LogP contribution in [0.25, 0.3) is 0 Å². The Morgan fingerprint density at radius 3 is 2.39 bits per heavy atom. The van der Waals surface area contributed by atoms with Gasteiger partial charge < -0.3 is 10.1 Å². The summed E-state index contributed by atoms with van der Waals surface area (Å²) in [5, 5.41) is 4.36. The van der Waals surface area contributed by atoms with Gasteiger partial charge in [0.1, 0.15) is 17.6 Å². The number of thioether (sulfide) groups is 1. The molecule has 1 aliphatic carbocycles. The Morgan fingerprint density at radius 2 is 1.79 bits per heavy atom. The Kier molecular flexibility index (Phi) is 10.9. The highest BCUT2D eigenvalue weighted by Crippen LogP contribution is 2.37. The number of nitrogens with one attached hydrogen (secondary N) is 2. The van der Waals surface area contributed by atoms with Gasteiger partial charge in [0, 0.05) is 48.3 Å². The predicted octanol–water partition coefficient (Wildman–Crippen LogP) is 7.22. The summed E-state index contributed by atoms with van der Waals surface area (Å²) in [6, 6.07) is 9.92. The molecular formula is C27H33Cl2F2N3O2S2. The molecule has 2 N–H and O–H groups in total. The largest absolute Gasteiger partial charge is 0.379 e. The zero-order chi connectivity index (χ0) is 27.1. The van der Waals surface area contributed by atoms with Gasteiger partial charge in [-0.25, -0.2) is 8.78 Å². The van der Waals surface area contributed by atoms with Gasteiger partial charge in [0.25, 0.3) is 5.91 Å². The van der Waals surface area contributed by atoms with E-state index in [0.717, 1.165) is 37.1 Å². The number of nitrogens with zero attached hydrogens (tertiary/aromatic N) is 1. The van der Waals surface area contributed by atoms with Crippen LogP contribution >= 0.6 is 46.9 Å². The van der Waals surface area contributed by atoms with E-state index in [-0.39, 0.29) is 17.8 Å². The summed E-state index contributed by atoms with van der Waals surface area (Å²) >= 11 is 16.1. The zero-order valence-corrected chi connectivity index (χ0v) is 24.4. The van der Waals surface area contributed by atoms with Crippen LogP contribution in [0.5, 0.6) is 0 Å². The minimum Gasteiger partial charge on any atom is -0.379 e. The number of ether oxygens (including phenoxy) is 1. The summed E-state index contributed by atoms with van der Waals surface area (Å²) in [6.45, 7) is 1.67. The molecule has 0 bridgehead atoms. The molecule has 5 nitrogen and oxygen atoms in total. The molecule has 2 aromatic carbocycles. The van der Waals surface area contributed by atoms with Crippen LogP contribution in [-0.2, 0) is 9.53 Å². The monoisotopic (exact) mass is 603 g/mol. The Morgan fingerprint density at radius 1 is 1.13 bits per heavy atom. The third kappa shape index (κ3) is 7.92. The average molecular weight is 605 g/mol. The first-order chi connectivity index (χ1) is 18.3. The van der Waals surface area contributed by atoms with Crippen LogP contribution in [0.4, 0.5) is 14.5 Å². The Balaban J connectivity index is 1.39. The Labute approximate surface area is 241 Å². The molecule has 1 saturated heterocycles. The number of hydrogen-bond donors (Lipinski definition) is 2. The normalized spacial score (nSPS) is 18.6. The van der Waals surface area contributed by atoms with E-state index in [1.165, 1.54) is 24.1 Å². The molecular weight excluding hydrogens is 571 g/mol. The highest BCUT2D eigenvalue weighted by molar-refractivity contribution is 7.99. The van der Waals surface area contributed by atoms with Crippen LogP contribution < -0.4 is 10.0 Å². The van der Waals surface area contributed by atoms with Crippen LogP contribution in [0.3, 0.4) is 0 Å². The molecule has 38 heavy (non-hydrogen) atoms. The van der Waals surface area contributed by atoms with E-state index in [2.05, 4.69) is 14.9 Å². The highest BCUT2D eigenvalue weighted by atomic mass is 35.5. The molecule has 2 aliphatic rings. The lowest BCUT2D eigenvalue weighted by atomic mass is 9.84. The van der Waals surface area contributed by atoms with E-state index in [1.807, 2.05) is 0 Å². The third-order valence-corrected chi connectivity index (χ3v) is 9.59. The van der Waals surface area contributed by atoms with Gasteiger partial charge in [-0.1, -0.05) is 42.5 Å². The van der Waals surface area contributed by atoms with E-state index in [4.69, 9.17) is 27.9 Å². The molecule has 1 unspecified atom stereocenters. The van der Waals surface area contributed by atoms with Crippen molar-refractivity contribution in [1.82, 2.24) is 9.62 Å². The minimum absolute atomic E-state index is 0.00946. The van der Waals surface area contributed by atoms with Crippen molar-refractivity contribution >= 4 is 58.5 Å². The molecule has 4 rings (SSSR count). The second kappa shape index (κ2) is 13.9. The molecule has 1 atom stereocenters. The van der Waals surface area contributed by atoms with E-state index in [0.29, 0.717) is 52.3 Å². The van der Waals surface area contributed by atoms with Crippen molar-refractivity contribution < 1.29 is 18.3 Å². The van der Waals surface area contributed by atoms with Gasteiger partial charge in [0.2, 0.25) is 0 Å². The molecule has 0 aromatic heterocycles. The number of amides is 1. The molecule has 11 heteroatoms. The third-order valence-electron chi connectivity index (χ3n) is 7.06. The van der Waals surface area contributed by atoms with Crippen molar-refractivity contribution in [2.24, 2.45) is 0 Å². The Hall–Kier alpha value is -1.23. The summed E-state index contributed by atoms with van der Waals surface area (Å²) in [5.74, 6) is 0.279. The molecule has 1 amide bonds. The fourth-order valence-corrected chi connectivity index (χ4v) is 7.20. The lowest BCUT2D eigenvalue weighted by molar-refractivity contribution is -0.145. The number of alkyl halides is 1. The first kappa shape index (κ1) is 29.7.